The van der Waals surface area contributed by atoms with Gasteiger partial charge in [0.15, 0.2) is 0 Å². The molecule has 0 saturated heterocycles. The van der Waals surface area contributed by atoms with Gasteiger partial charge in [-0.25, -0.2) is 13.4 Å². The van der Waals surface area contributed by atoms with Gasteiger partial charge >= 0.3 is 0 Å². The van der Waals surface area contributed by atoms with Crippen molar-refractivity contribution in [3.8, 4) is 0 Å². The van der Waals surface area contributed by atoms with Crippen LogP contribution in [0.25, 0.3) is 0 Å². The fourth-order valence-electron chi connectivity index (χ4n) is 2.89. The lowest BCUT2D eigenvalue weighted by molar-refractivity contribution is -0.122. The molecule has 0 saturated carbocycles. The van der Waals surface area contributed by atoms with E-state index in [1.54, 1.807) is 17.6 Å². The summed E-state index contributed by atoms with van der Waals surface area (Å²) in [5, 5.41) is 4.52. The molecule has 1 amide bonds. The van der Waals surface area contributed by atoms with E-state index in [4.69, 9.17) is 0 Å². The highest BCUT2D eigenvalue weighted by molar-refractivity contribution is 7.89. The van der Waals surface area contributed by atoms with E-state index in [-0.39, 0.29) is 17.3 Å². The summed E-state index contributed by atoms with van der Waals surface area (Å²) in [6, 6.07) is 4.37. The maximum absolute atomic E-state index is 12.6. The molecular weight excluding hydrogens is 358 g/mol. The van der Waals surface area contributed by atoms with Crippen LogP contribution in [0.1, 0.15) is 36.6 Å². The van der Waals surface area contributed by atoms with E-state index in [0.717, 1.165) is 36.9 Å². The molecule has 8 heteroatoms. The van der Waals surface area contributed by atoms with Crippen molar-refractivity contribution in [1.29, 1.82) is 0 Å². The average Bonchev–Trinajstić information content (AvgIpc) is 3.12. The van der Waals surface area contributed by atoms with E-state index >= 15 is 0 Å². The van der Waals surface area contributed by atoms with Crippen LogP contribution in [0.3, 0.4) is 0 Å². The van der Waals surface area contributed by atoms with Gasteiger partial charge in [-0.05, 0) is 55.9 Å². The van der Waals surface area contributed by atoms with Crippen LogP contribution in [-0.4, -0.2) is 25.4 Å². The summed E-state index contributed by atoms with van der Waals surface area (Å²) in [6.45, 7) is 1.82. The molecule has 2 N–H and O–H groups in total. The maximum Gasteiger partial charge on any atom is 0.241 e. The zero-order valence-electron chi connectivity index (χ0n) is 14.0. The van der Waals surface area contributed by atoms with Crippen molar-refractivity contribution in [2.75, 3.05) is 0 Å². The number of carbonyl (C=O) groups excluding carboxylic acids is 1. The van der Waals surface area contributed by atoms with Gasteiger partial charge in [0.05, 0.1) is 28.7 Å². The minimum atomic E-state index is -3.73. The maximum atomic E-state index is 12.6. The molecule has 1 heterocycles. The minimum absolute atomic E-state index is 0.215. The van der Waals surface area contributed by atoms with Crippen molar-refractivity contribution in [2.24, 2.45) is 0 Å². The van der Waals surface area contributed by atoms with Crippen molar-refractivity contribution >= 4 is 27.3 Å². The smallest absolute Gasteiger partial charge is 0.241 e. The minimum Gasteiger partial charge on any atom is -0.349 e. The number of hydrogen-bond acceptors (Lipinski definition) is 5. The van der Waals surface area contributed by atoms with Crippen LogP contribution in [0.4, 0.5) is 0 Å². The molecule has 1 aromatic carbocycles. The molecule has 3 rings (SSSR count). The number of nitrogens with one attached hydrogen (secondary N) is 2. The Labute approximate surface area is 151 Å². The van der Waals surface area contributed by atoms with Gasteiger partial charge in [0, 0.05) is 5.38 Å². The molecule has 0 aliphatic heterocycles. The first kappa shape index (κ1) is 18.0. The topological polar surface area (TPSA) is 88.2 Å². The predicted octanol–water partition coefficient (Wildman–Crippen LogP) is 2.01. The molecule has 0 spiro atoms. The molecule has 1 aliphatic carbocycles. The zero-order chi connectivity index (χ0) is 17.9. The van der Waals surface area contributed by atoms with Crippen molar-refractivity contribution in [3.63, 3.8) is 0 Å². The van der Waals surface area contributed by atoms with E-state index in [1.165, 1.54) is 23.8 Å². The number of sulfonamides is 1. The normalized spacial score (nSPS) is 15.4. The highest BCUT2D eigenvalue weighted by Crippen LogP contribution is 2.24. The van der Waals surface area contributed by atoms with Crippen LogP contribution in [-0.2, 0) is 34.2 Å². The van der Waals surface area contributed by atoms with Gasteiger partial charge in [-0.2, -0.15) is 4.72 Å². The lowest BCUT2D eigenvalue weighted by Crippen LogP contribution is -2.44. The van der Waals surface area contributed by atoms with E-state index in [0.29, 0.717) is 0 Å². The van der Waals surface area contributed by atoms with Gasteiger partial charge in [-0.1, -0.05) is 6.07 Å². The molecule has 25 heavy (non-hydrogen) atoms. The molecule has 0 fully saturated rings. The first-order valence-corrected chi connectivity index (χ1v) is 10.7. The third-order valence-electron chi connectivity index (χ3n) is 4.28. The summed E-state index contributed by atoms with van der Waals surface area (Å²) in [4.78, 5) is 16.4. The molecule has 1 aliphatic rings. The standard InChI is InChI=1S/C17H21N3O3S2/c1-12(17(21)18-9-15-10-24-11-19-15)20-25(22,23)16-7-6-13-4-2-3-5-14(13)8-16/h6-8,10-12,20H,2-5,9H2,1H3,(H,18,21)/t12-/m0/s1. The Morgan fingerprint density at radius 1 is 1.28 bits per heavy atom. The number of nitrogens with zero attached hydrogens (tertiary/aromatic N) is 1. The quantitative estimate of drug-likeness (QED) is 0.804. The van der Waals surface area contributed by atoms with Crippen LogP contribution in [0.2, 0.25) is 0 Å². The van der Waals surface area contributed by atoms with E-state index in [1.807, 2.05) is 11.4 Å². The Kier molecular flexibility index (Phi) is 5.51. The summed E-state index contributed by atoms with van der Waals surface area (Å²) in [5.74, 6) is -0.380. The summed E-state index contributed by atoms with van der Waals surface area (Å²) in [7, 11) is -3.73. The Morgan fingerprint density at radius 2 is 2.04 bits per heavy atom. The third-order valence-corrected chi connectivity index (χ3v) is 6.46. The number of benzene rings is 1. The zero-order valence-corrected chi connectivity index (χ0v) is 15.6. The second-order valence-electron chi connectivity index (χ2n) is 6.18. The average molecular weight is 380 g/mol. The van der Waals surface area contributed by atoms with Gasteiger partial charge in [0.25, 0.3) is 0 Å². The van der Waals surface area contributed by atoms with Gasteiger partial charge in [0.1, 0.15) is 0 Å². The van der Waals surface area contributed by atoms with E-state index in [9.17, 15) is 13.2 Å². The number of aromatic nitrogens is 1. The Hall–Kier alpha value is -1.77. The lowest BCUT2D eigenvalue weighted by atomic mass is 9.92. The predicted molar refractivity (Wildman–Crippen MR) is 96.8 cm³/mol. The van der Waals surface area contributed by atoms with Crippen LogP contribution in [0.15, 0.2) is 34.0 Å². The molecule has 134 valence electrons. The first-order chi connectivity index (χ1) is 12.0. The Balaban J connectivity index is 1.65. The van der Waals surface area contributed by atoms with Gasteiger partial charge in [-0.15, -0.1) is 11.3 Å². The number of thiazole rings is 1. The van der Waals surface area contributed by atoms with Crippen LogP contribution < -0.4 is 10.0 Å². The number of carbonyl (C=O) groups is 1. The number of hydrogen-bond donors (Lipinski definition) is 2. The van der Waals surface area contributed by atoms with Gasteiger partial charge < -0.3 is 5.32 Å². The molecule has 1 atom stereocenters. The molecular formula is C17H21N3O3S2. The highest BCUT2D eigenvalue weighted by atomic mass is 32.2. The van der Waals surface area contributed by atoms with Gasteiger partial charge in [-0.3, -0.25) is 4.79 Å². The van der Waals surface area contributed by atoms with Crippen molar-refractivity contribution in [3.05, 3.63) is 45.9 Å². The molecule has 0 radical (unpaired) electrons. The third kappa shape index (κ3) is 4.45. The Morgan fingerprint density at radius 3 is 2.76 bits per heavy atom. The number of rotatable bonds is 6. The lowest BCUT2D eigenvalue weighted by Gasteiger charge is -2.18. The Bertz CT molecular complexity index is 848. The fraction of sp³-hybridized carbons (Fsp3) is 0.412. The summed E-state index contributed by atoms with van der Waals surface area (Å²) >= 11 is 1.44. The molecule has 2 aromatic rings. The van der Waals surface area contributed by atoms with Crippen LogP contribution in [0.5, 0.6) is 0 Å². The van der Waals surface area contributed by atoms with Gasteiger partial charge in [0.2, 0.25) is 15.9 Å². The summed E-state index contributed by atoms with van der Waals surface area (Å²) in [6.07, 6.45) is 4.13. The number of fused-ring (bicyclic) bond motifs is 1. The molecule has 1 aromatic heterocycles. The highest BCUT2D eigenvalue weighted by Gasteiger charge is 2.23. The SMILES string of the molecule is C[C@H](NS(=O)(=O)c1ccc2c(c1)CCCC2)C(=O)NCc1cscn1. The first-order valence-electron chi connectivity index (χ1n) is 8.24. The van der Waals surface area contributed by atoms with Crippen LogP contribution in [0, 0.1) is 0 Å². The van der Waals surface area contributed by atoms with Crippen molar-refractivity contribution in [2.45, 2.75) is 50.1 Å². The number of amides is 1. The van der Waals surface area contributed by atoms with Crippen molar-refractivity contribution < 1.29 is 13.2 Å². The van der Waals surface area contributed by atoms with Crippen LogP contribution >= 0.6 is 11.3 Å². The number of aryl methyl sites for hydroxylation is 2. The molecule has 0 bridgehead atoms. The van der Waals surface area contributed by atoms with E-state index < -0.39 is 16.1 Å². The van der Waals surface area contributed by atoms with Crippen molar-refractivity contribution in [1.82, 2.24) is 15.0 Å². The second-order valence-corrected chi connectivity index (χ2v) is 8.61. The molecule has 6 nitrogen and oxygen atoms in total. The fourth-order valence-corrected chi connectivity index (χ4v) is 4.70. The summed E-state index contributed by atoms with van der Waals surface area (Å²) in [5.41, 5.74) is 4.75. The summed E-state index contributed by atoms with van der Waals surface area (Å²) < 4.78 is 27.6. The van der Waals surface area contributed by atoms with E-state index in [2.05, 4.69) is 15.0 Å². The largest absolute Gasteiger partial charge is 0.349 e. The molecule has 0 unspecified atom stereocenters. The monoisotopic (exact) mass is 379 g/mol. The second kappa shape index (κ2) is 7.63.